The van der Waals surface area contributed by atoms with Crippen molar-refractivity contribution in [2.75, 3.05) is 13.7 Å². The monoisotopic (exact) mass is 268 g/mol. The zero-order valence-corrected chi connectivity index (χ0v) is 12.2. The maximum absolute atomic E-state index is 5.60. The Bertz CT molecular complexity index is 581. The molecule has 0 bridgehead atoms. The van der Waals surface area contributed by atoms with Gasteiger partial charge in [-0.1, -0.05) is 53.6 Å². The highest BCUT2D eigenvalue weighted by molar-refractivity contribution is 5.65. The molecule has 1 saturated heterocycles. The summed E-state index contributed by atoms with van der Waals surface area (Å²) >= 11 is 0. The van der Waals surface area contributed by atoms with E-state index in [0.29, 0.717) is 6.61 Å². The van der Waals surface area contributed by atoms with Crippen molar-refractivity contribution in [2.45, 2.75) is 26.1 Å². The molecule has 2 atom stereocenters. The molecular formula is C18H20O2. The van der Waals surface area contributed by atoms with Gasteiger partial charge in [0.1, 0.15) is 12.2 Å². The van der Waals surface area contributed by atoms with Crippen LogP contribution in [0, 0.1) is 13.8 Å². The van der Waals surface area contributed by atoms with Gasteiger partial charge in [-0.05, 0) is 30.5 Å². The summed E-state index contributed by atoms with van der Waals surface area (Å²) in [6.45, 7) is 4.94. The summed E-state index contributed by atoms with van der Waals surface area (Å²) in [4.78, 5) is 0. The van der Waals surface area contributed by atoms with E-state index >= 15 is 0 Å². The van der Waals surface area contributed by atoms with Gasteiger partial charge >= 0.3 is 0 Å². The maximum Gasteiger partial charge on any atom is 0.112 e. The number of hydrogen-bond acceptors (Lipinski definition) is 2. The van der Waals surface area contributed by atoms with Crippen LogP contribution in [0.5, 0.6) is 0 Å². The fourth-order valence-corrected chi connectivity index (χ4v) is 2.73. The molecular weight excluding hydrogens is 248 g/mol. The molecule has 3 rings (SSSR count). The molecule has 1 aliphatic rings. The van der Waals surface area contributed by atoms with Gasteiger partial charge in [-0.3, -0.25) is 0 Å². The molecule has 1 aliphatic heterocycles. The van der Waals surface area contributed by atoms with Crippen LogP contribution in [-0.2, 0) is 9.47 Å². The Hall–Kier alpha value is -1.64. The third kappa shape index (κ3) is 2.77. The van der Waals surface area contributed by atoms with E-state index in [1.165, 1.54) is 27.8 Å². The molecule has 1 heterocycles. The van der Waals surface area contributed by atoms with Crippen molar-refractivity contribution in [3.8, 4) is 11.1 Å². The minimum absolute atomic E-state index is 0.211. The van der Waals surface area contributed by atoms with E-state index in [2.05, 4.69) is 56.3 Å². The molecule has 0 saturated carbocycles. The molecule has 0 spiro atoms. The summed E-state index contributed by atoms with van der Waals surface area (Å²) in [5.41, 5.74) is 6.37. The quantitative estimate of drug-likeness (QED) is 0.780. The topological polar surface area (TPSA) is 21.8 Å². The van der Waals surface area contributed by atoms with Crippen LogP contribution in [0.4, 0.5) is 0 Å². The second-order valence-electron chi connectivity index (χ2n) is 5.55. The van der Waals surface area contributed by atoms with E-state index in [9.17, 15) is 0 Å². The van der Waals surface area contributed by atoms with Crippen molar-refractivity contribution in [1.82, 2.24) is 0 Å². The smallest absolute Gasteiger partial charge is 0.112 e. The minimum Gasteiger partial charge on any atom is -0.382 e. The van der Waals surface area contributed by atoms with Gasteiger partial charge in [0.05, 0.1) is 6.61 Å². The molecule has 1 fully saturated rings. The van der Waals surface area contributed by atoms with E-state index in [0.717, 1.165) is 0 Å². The highest BCUT2D eigenvalue weighted by Gasteiger charge is 2.39. The largest absolute Gasteiger partial charge is 0.382 e. The van der Waals surface area contributed by atoms with E-state index in [-0.39, 0.29) is 12.2 Å². The predicted octanol–water partition coefficient (Wildman–Crippen LogP) is 4.06. The summed E-state index contributed by atoms with van der Waals surface area (Å²) in [6, 6.07) is 15.3. The second kappa shape index (κ2) is 5.39. The van der Waals surface area contributed by atoms with Crippen molar-refractivity contribution >= 4 is 0 Å². The van der Waals surface area contributed by atoms with Gasteiger partial charge in [-0.15, -0.1) is 0 Å². The first-order valence-corrected chi connectivity index (χ1v) is 7.00. The molecule has 0 amide bonds. The van der Waals surface area contributed by atoms with Crippen molar-refractivity contribution < 1.29 is 9.47 Å². The number of hydrogen-bond donors (Lipinski definition) is 0. The Morgan fingerprint density at radius 2 is 1.60 bits per heavy atom. The molecule has 2 heteroatoms. The van der Waals surface area contributed by atoms with Gasteiger partial charge in [0.2, 0.25) is 0 Å². The van der Waals surface area contributed by atoms with Crippen LogP contribution < -0.4 is 0 Å². The highest BCUT2D eigenvalue weighted by atomic mass is 16.6. The van der Waals surface area contributed by atoms with Crippen LogP contribution in [0.1, 0.15) is 22.8 Å². The van der Waals surface area contributed by atoms with Crippen LogP contribution in [0.3, 0.4) is 0 Å². The Balaban J connectivity index is 1.79. The Morgan fingerprint density at radius 1 is 0.950 bits per heavy atom. The van der Waals surface area contributed by atoms with Crippen LogP contribution in [0.15, 0.2) is 42.5 Å². The summed E-state index contributed by atoms with van der Waals surface area (Å²) in [5, 5.41) is 0. The lowest BCUT2D eigenvalue weighted by Gasteiger charge is -2.06. The zero-order valence-electron chi connectivity index (χ0n) is 12.2. The highest BCUT2D eigenvalue weighted by Crippen LogP contribution is 2.39. The molecule has 2 aromatic carbocycles. The van der Waals surface area contributed by atoms with Gasteiger partial charge < -0.3 is 9.47 Å². The summed E-state index contributed by atoms with van der Waals surface area (Å²) in [7, 11) is 1.71. The van der Waals surface area contributed by atoms with E-state index in [4.69, 9.17) is 9.47 Å². The van der Waals surface area contributed by atoms with Crippen LogP contribution in [-0.4, -0.2) is 19.8 Å². The zero-order chi connectivity index (χ0) is 14.1. The Labute approximate surface area is 120 Å². The number of aryl methyl sites for hydroxylation is 2. The molecule has 2 nitrogen and oxygen atoms in total. The van der Waals surface area contributed by atoms with Crippen molar-refractivity contribution in [3.63, 3.8) is 0 Å². The van der Waals surface area contributed by atoms with Crippen molar-refractivity contribution in [1.29, 1.82) is 0 Å². The number of benzene rings is 2. The Kier molecular flexibility index (Phi) is 3.60. The maximum atomic E-state index is 5.60. The van der Waals surface area contributed by atoms with Gasteiger partial charge in [0, 0.05) is 7.11 Å². The van der Waals surface area contributed by atoms with E-state index < -0.39 is 0 Å². The molecule has 0 aliphatic carbocycles. The Morgan fingerprint density at radius 3 is 2.20 bits per heavy atom. The first-order valence-electron chi connectivity index (χ1n) is 7.00. The number of epoxide rings is 1. The lowest BCUT2D eigenvalue weighted by molar-refractivity contribution is 0.171. The van der Waals surface area contributed by atoms with Crippen molar-refractivity contribution in [2.24, 2.45) is 0 Å². The molecule has 0 N–H and O–H groups in total. The fraction of sp³-hybridized carbons (Fsp3) is 0.333. The van der Waals surface area contributed by atoms with Gasteiger partial charge in [-0.25, -0.2) is 0 Å². The lowest BCUT2D eigenvalue weighted by atomic mass is 9.99. The number of ether oxygens (including phenoxy) is 2. The average molecular weight is 268 g/mol. The molecule has 20 heavy (non-hydrogen) atoms. The first kappa shape index (κ1) is 13.3. The predicted molar refractivity (Wildman–Crippen MR) is 80.8 cm³/mol. The number of methoxy groups -OCH3 is 1. The third-order valence-corrected chi connectivity index (χ3v) is 3.71. The second-order valence-corrected chi connectivity index (χ2v) is 5.55. The van der Waals surface area contributed by atoms with E-state index in [1.54, 1.807) is 7.11 Å². The normalized spacial score (nSPS) is 20.9. The summed E-state index contributed by atoms with van der Waals surface area (Å²) < 4.78 is 10.7. The first-order chi connectivity index (χ1) is 9.67. The molecule has 0 aromatic heterocycles. The molecule has 104 valence electrons. The van der Waals surface area contributed by atoms with Crippen molar-refractivity contribution in [3.05, 3.63) is 59.2 Å². The van der Waals surface area contributed by atoms with Crippen LogP contribution in [0.2, 0.25) is 0 Å². The molecule has 0 radical (unpaired) electrons. The van der Waals surface area contributed by atoms with Gasteiger partial charge in [-0.2, -0.15) is 0 Å². The molecule has 0 unspecified atom stereocenters. The molecule has 2 aromatic rings. The minimum atomic E-state index is 0.211. The van der Waals surface area contributed by atoms with Crippen LogP contribution >= 0.6 is 0 Å². The number of rotatable bonds is 4. The van der Waals surface area contributed by atoms with Gasteiger partial charge in [0.25, 0.3) is 0 Å². The fourth-order valence-electron chi connectivity index (χ4n) is 2.73. The third-order valence-electron chi connectivity index (χ3n) is 3.71. The lowest BCUT2D eigenvalue weighted by Crippen LogP contribution is -1.98. The standard InChI is InChI=1S/C18H20O2/c1-12-8-13(2)10-16(9-12)14-4-6-15(7-5-14)18-17(20-18)11-19-3/h4-10,17-18H,11H2,1-3H3/t17-,18+/m0/s1. The SMILES string of the molecule is COC[C@@H]1O[C@@H]1c1ccc(-c2cc(C)cc(C)c2)cc1. The summed E-state index contributed by atoms with van der Waals surface area (Å²) in [6.07, 6.45) is 0.440. The summed E-state index contributed by atoms with van der Waals surface area (Å²) in [5.74, 6) is 0. The van der Waals surface area contributed by atoms with E-state index in [1.807, 2.05) is 0 Å². The average Bonchev–Trinajstić information content (AvgIpc) is 3.18. The van der Waals surface area contributed by atoms with Crippen LogP contribution in [0.25, 0.3) is 11.1 Å². The van der Waals surface area contributed by atoms with Gasteiger partial charge in [0.15, 0.2) is 0 Å².